The number of carbonyl (C=O) groups excluding carboxylic acids is 1. The molecular weight excluding hydrogens is 414 g/mol. The van der Waals surface area contributed by atoms with E-state index in [0.717, 1.165) is 4.88 Å². The van der Waals surface area contributed by atoms with E-state index in [1.165, 1.54) is 47.7 Å². The van der Waals surface area contributed by atoms with Crippen LogP contribution in [0.25, 0.3) is 0 Å². The molecule has 1 aromatic heterocycles. The number of rotatable bonds is 5. The normalized spacial score (nSPS) is 13.0. The molecule has 0 atom stereocenters. The minimum Gasteiger partial charge on any atom is -0.486 e. The highest BCUT2D eigenvalue weighted by Gasteiger charge is 2.19. The van der Waals surface area contributed by atoms with Crippen LogP contribution >= 0.6 is 11.3 Å². The molecule has 2 heterocycles. The van der Waals surface area contributed by atoms with Crippen molar-refractivity contribution < 1.29 is 22.7 Å². The van der Waals surface area contributed by atoms with Crippen molar-refractivity contribution in [2.45, 2.75) is 11.8 Å². The summed E-state index contributed by atoms with van der Waals surface area (Å²) in [4.78, 5) is 17.4. The van der Waals surface area contributed by atoms with Gasteiger partial charge in [0.2, 0.25) is 0 Å². The fourth-order valence-electron chi connectivity index (χ4n) is 2.68. The predicted molar refractivity (Wildman–Crippen MR) is 109 cm³/mol. The molecule has 150 valence electrons. The number of anilines is 2. The minimum atomic E-state index is -3.82. The zero-order chi connectivity index (χ0) is 20.4. The SMILES string of the molecule is Cc1cnc(NC(=O)c2ccc(NS(=O)(=O)c3ccc4c(c3)OCCO4)cc2)s1. The summed E-state index contributed by atoms with van der Waals surface area (Å²) < 4.78 is 38.6. The third kappa shape index (κ3) is 4.33. The second-order valence-electron chi connectivity index (χ2n) is 6.22. The van der Waals surface area contributed by atoms with Gasteiger partial charge in [-0.05, 0) is 43.3 Å². The van der Waals surface area contributed by atoms with E-state index in [1.807, 2.05) is 6.92 Å². The molecule has 4 rings (SSSR count). The molecule has 0 fully saturated rings. The number of amides is 1. The maximum absolute atomic E-state index is 12.7. The summed E-state index contributed by atoms with van der Waals surface area (Å²) in [6.07, 6.45) is 1.68. The first-order chi connectivity index (χ1) is 13.9. The van der Waals surface area contributed by atoms with Crippen LogP contribution in [-0.2, 0) is 10.0 Å². The van der Waals surface area contributed by atoms with Gasteiger partial charge in [0.1, 0.15) is 13.2 Å². The average molecular weight is 431 g/mol. The lowest BCUT2D eigenvalue weighted by Gasteiger charge is -2.19. The Labute approximate surface area is 171 Å². The molecule has 10 heteroatoms. The Kier molecular flexibility index (Phi) is 5.12. The van der Waals surface area contributed by atoms with Gasteiger partial charge in [-0.2, -0.15) is 0 Å². The molecule has 1 amide bonds. The topological polar surface area (TPSA) is 107 Å². The number of nitrogens with one attached hydrogen (secondary N) is 2. The number of nitrogens with zero attached hydrogens (tertiary/aromatic N) is 1. The van der Waals surface area contributed by atoms with Crippen molar-refractivity contribution in [2.75, 3.05) is 23.3 Å². The van der Waals surface area contributed by atoms with Gasteiger partial charge in [0.25, 0.3) is 15.9 Å². The van der Waals surface area contributed by atoms with Gasteiger partial charge in [0.05, 0.1) is 4.90 Å². The van der Waals surface area contributed by atoms with Gasteiger partial charge in [-0.15, -0.1) is 11.3 Å². The molecule has 0 saturated carbocycles. The summed E-state index contributed by atoms with van der Waals surface area (Å²) in [6.45, 7) is 2.70. The van der Waals surface area contributed by atoms with E-state index in [-0.39, 0.29) is 10.8 Å². The van der Waals surface area contributed by atoms with Gasteiger partial charge in [0, 0.05) is 28.4 Å². The Bertz CT molecular complexity index is 1160. The Hall–Kier alpha value is -3.11. The number of hydrogen-bond donors (Lipinski definition) is 2. The summed E-state index contributed by atoms with van der Waals surface area (Å²) in [5.41, 5.74) is 0.724. The maximum atomic E-state index is 12.7. The van der Waals surface area contributed by atoms with E-state index in [2.05, 4.69) is 15.0 Å². The smallest absolute Gasteiger partial charge is 0.262 e. The third-order valence-electron chi connectivity index (χ3n) is 4.06. The zero-order valence-corrected chi connectivity index (χ0v) is 17.0. The molecule has 1 aliphatic rings. The van der Waals surface area contributed by atoms with Crippen LogP contribution in [0.15, 0.2) is 53.6 Å². The summed E-state index contributed by atoms with van der Waals surface area (Å²) in [5.74, 6) is 0.588. The van der Waals surface area contributed by atoms with Gasteiger partial charge < -0.3 is 9.47 Å². The lowest BCUT2D eigenvalue weighted by molar-refractivity contribution is 0.102. The van der Waals surface area contributed by atoms with Crippen LogP contribution in [0.4, 0.5) is 10.8 Å². The monoisotopic (exact) mass is 431 g/mol. The molecule has 0 unspecified atom stereocenters. The number of thiazole rings is 1. The number of carbonyl (C=O) groups is 1. The average Bonchev–Trinajstić information content (AvgIpc) is 3.12. The number of benzene rings is 2. The second-order valence-corrected chi connectivity index (χ2v) is 9.14. The first-order valence-corrected chi connectivity index (χ1v) is 11.0. The number of hydrogen-bond acceptors (Lipinski definition) is 7. The van der Waals surface area contributed by atoms with Gasteiger partial charge in [-0.25, -0.2) is 13.4 Å². The number of sulfonamides is 1. The van der Waals surface area contributed by atoms with Crippen molar-refractivity contribution in [1.29, 1.82) is 0 Å². The highest BCUT2D eigenvalue weighted by molar-refractivity contribution is 7.92. The Morgan fingerprint density at radius 3 is 2.48 bits per heavy atom. The number of aryl methyl sites for hydroxylation is 1. The first kappa shape index (κ1) is 19.2. The third-order valence-corrected chi connectivity index (χ3v) is 6.27. The van der Waals surface area contributed by atoms with Crippen molar-refractivity contribution in [2.24, 2.45) is 0 Å². The fourth-order valence-corrected chi connectivity index (χ4v) is 4.41. The zero-order valence-electron chi connectivity index (χ0n) is 15.3. The van der Waals surface area contributed by atoms with Crippen LogP contribution in [0.1, 0.15) is 15.2 Å². The molecule has 2 aromatic carbocycles. The van der Waals surface area contributed by atoms with Crippen LogP contribution in [0.3, 0.4) is 0 Å². The second kappa shape index (κ2) is 7.72. The Morgan fingerprint density at radius 2 is 1.79 bits per heavy atom. The van der Waals surface area contributed by atoms with E-state index in [4.69, 9.17) is 9.47 Å². The summed E-state index contributed by atoms with van der Waals surface area (Å²) in [5, 5.41) is 3.22. The fraction of sp³-hybridized carbons (Fsp3) is 0.158. The first-order valence-electron chi connectivity index (χ1n) is 8.67. The number of aromatic nitrogens is 1. The van der Waals surface area contributed by atoms with E-state index in [1.54, 1.807) is 12.3 Å². The van der Waals surface area contributed by atoms with Gasteiger partial charge >= 0.3 is 0 Å². The summed E-state index contributed by atoms with van der Waals surface area (Å²) >= 11 is 1.38. The van der Waals surface area contributed by atoms with Crippen molar-refractivity contribution in [1.82, 2.24) is 4.98 Å². The van der Waals surface area contributed by atoms with E-state index in [0.29, 0.717) is 41.1 Å². The standard InChI is InChI=1S/C19H17N3O5S2/c1-12-11-20-19(28-12)21-18(23)13-2-4-14(5-3-13)22-29(24,25)15-6-7-16-17(10-15)27-9-8-26-16/h2-7,10-11,22H,8-9H2,1H3,(H,20,21,23). The van der Waals surface area contributed by atoms with Gasteiger partial charge in [-0.1, -0.05) is 0 Å². The predicted octanol–water partition coefficient (Wildman–Crippen LogP) is 3.28. The quantitative estimate of drug-likeness (QED) is 0.642. The molecule has 0 aliphatic carbocycles. The molecule has 8 nitrogen and oxygen atoms in total. The van der Waals surface area contributed by atoms with E-state index >= 15 is 0 Å². The summed E-state index contributed by atoms with van der Waals surface area (Å²) in [6, 6.07) is 10.6. The molecular formula is C19H17N3O5S2. The van der Waals surface area contributed by atoms with Crippen LogP contribution in [-0.4, -0.2) is 32.5 Å². The molecule has 0 radical (unpaired) electrons. The Morgan fingerprint density at radius 1 is 1.07 bits per heavy atom. The van der Waals surface area contributed by atoms with Crippen molar-refractivity contribution in [3.05, 3.63) is 59.1 Å². The maximum Gasteiger partial charge on any atom is 0.262 e. The summed E-state index contributed by atoms with van der Waals surface area (Å²) in [7, 11) is -3.82. The van der Waals surface area contributed by atoms with Crippen LogP contribution in [0.5, 0.6) is 11.5 Å². The van der Waals surface area contributed by atoms with Gasteiger partial charge in [-0.3, -0.25) is 14.8 Å². The van der Waals surface area contributed by atoms with Crippen molar-refractivity contribution in [3.8, 4) is 11.5 Å². The van der Waals surface area contributed by atoms with Crippen molar-refractivity contribution >= 4 is 38.1 Å². The molecule has 2 N–H and O–H groups in total. The highest BCUT2D eigenvalue weighted by Crippen LogP contribution is 2.32. The molecule has 0 saturated heterocycles. The minimum absolute atomic E-state index is 0.0581. The van der Waals surface area contributed by atoms with Crippen LogP contribution in [0.2, 0.25) is 0 Å². The van der Waals surface area contributed by atoms with Crippen molar-refractivity contribution in [3.63, 3.8) is 0 Å². The molecule has 29 heavy (non-hydrogen) atoms. The lowest BCUT2D eigenvalue weighted by Crippen LogP contribution is -2.17. The largest absolute Gasteiger partial charge is 0.486 e. The Balaban J connectivity index is 1.47. The van der Waals surface area contributed by atoms with Crippen LogP contribution < -0.4 is 19.5 Å². The molecule has 3 aromatic rings. The van der Waals surface area contributed by atoms with Crippen LogP contribution in [0, 0.1) is 6.92 Å². The lowest BCUT2D eigenvalue weighted by atomic mass is 10.2. The van der Waals surface area contributed by atoms with Gasteiger partial charge in [0.15, 0.2) is 16.6 Å². The van der Waals surface area contributed by atoms with E-state index in [9.17, 15) is 13.2 Å². The molecule has 0 bridgehead atoms. The highest BCUT2D eigenvalue weighted by atomic mass is 32.2. The molecule has 0 spiro atoms. The van der Waals surface area contributed by atoms with E-state index < -0.39 is 10.0 Å². The number of ether oxygens (including phenoxy) is 2. The molecule has 1 aliphatic heterocycles. The number of fused-ring (bicyclic) bond motifs is 1.